The molecule has 3 heteroatoms. The van der Waals surface area contributed by atoms with Crippen molar-refractivity contribution in [2.24, 2.45) is 0 Å². The Bertz CT molecular complexity index is 828. The van der Waals surface area contributed by atoms with Gasteiger partial charge in [-0.15, -0.1) is 0 Å². The molecule has 3 rings (SSSR count). The number of aryl methyl sites for hydroxylation is 1. The van der Waals surface area contributed by atoms with E-state index in [9.17, 15) is 0 Å². The van der Waals surface area contributed by atoms with E-state index in [1.807, 2.05) is 48.5 Å². The SMILES string of the molecule is CCc1ccccc1NC(=S)Nc1ccccc1-c1ccccc1. The molecule has 2 nitrogen and oxygen atoms in total. The van der Waals surface area contributed by atoms with Crippen LogP contribution >= 0.6 is 12.2 Å². The molecule has 24 heavy (non-hydrogen) atoms. The summed E-state index contributed by atoms with van der Waals surface area (Å²) in [5.41, 5.74) is 5.59. The van der Waals surface area contributed by atoms with Crippen molar-refractivity contribution in [3.8, 4) is 11.1 Å². The highest BCUT2D eigenvalue weighted by Crippen LogP contribution is 2.27. The second-order valence-electron chi connectivity index (χ2n) is 5.50. The zero-order valence-electron chi connectivity index (χ0n) is 13.6. The zero-order valence-corrected chi connectivity index (χ0v) is 14.4. The summed E-state index contributed by atoms with van der Waals surface area (Å²) in [5.74, 6) is 0. The summed E-state index contributed by atoms with van der Waals surface area (Å²) in [6.07, 6.45) is 0.965. The Hall–Kier alpha value is -2.65. The van der Waals surface area contributed by atoms with Crippen LogP contribution in [0.3, 0.4) is 0 Å². The van der Waals surface area contributed by atoms with Crippen LogP contribution in [0.4, 0.5) is 11.4 Å². The molecule has 0 aromatic heterocycles. The molecule has 0 spiro atoms. The number of anilines is 2. The normalized spacial score (nSPS) is 10.2. The van der Waals surface area contributed by atoms with Crippen LogP contribution in [0.2, 0.25) is 0 Å². The van der Waals surface area contributed by atoms with Crippen LogP contribution in [0.1, 0.15) is 12.5 Å². The number of hydrogen-bond donors (Lipinski definition) is 2. The number of benzene rings is 3. The number of hydrogen-bond acceptors (Lipinski definition) is 1. The number of para-hydroxylation sites is 2. The highest BCUT2D eigenvalue weighted by atomic mass is 32.1. The molecule has 0 heterocycles. The van der Waals surface area contributed by atoms with E-state index in [1.54, 1.807) is 0 Å². The summed E-state index contributed by atoms with van der Waals surface area (Å²) >= 11 is 5.51. The van der Waals surface area contributed by atoms with Crippen molar-refractivity contribution >= 4 is 28.7 Å². The monoisotopic (exact) mass is 332 g/mol. The molecule has 0 unspecified atom stereocenters. The Labute approximate surface area is 148 Å². The topological polar surface area (TPSA) is 24.1 Å². The predicted octanol–water partition coefficient (Wildman–Crippen LogP) is 5.72. The largest absolute Gasteiger partial charge is 0.332 e. The number of nitrogens with one attached hydrogen (secondary N) is 2. The Morgan fingerprint density at radius 1 is 0.750 bits per heavy atom. The van der Waals surface area contributed by atoms with Crippen molar-refractivity contribution in [1.29, 1.82) is 0 Å². The van der Waals surface area contributed by atoms with E-state index in [2.05, 4.69) is 47.9 Å². The lowest BCUT2D eigenvalue weighted by Gasteiger charge is -2.16. The molecule has 0 aliphatic heterocycles. The van der Waals surface area contributed by atoms with Crippen LogP contribution in [-0.4, -0.2) is 5.11 Å². The van der Waals surface area contributed by atoms with E-state index in [0.717, 1.165) is 28.9 Å². The minimum Gasteiger partial charge on any atom is -0.332 e. The minimum absolute atomic E-state index is 0.597. The first-order valence-corrected chi connectivity index (χ1v) is 8.49. The van der Waals surface area contributed by atoms with Crippen molar-refractivity contribution in [3.63, 3.8) is 0 Å². The molecule has 2 N–H and O–H groups in total. The summed E-state index contributed by atoms with van der Waals surface area (Å²) in [5, 5.41) is 7.23. The number of rotatable bonds is 4. The van der Waals surface area contributed by atoms with Gasteiger partial charge in [-0.3, -0.25) is 0 Å². The Balaban J connectivity index is 1.80. The third-order valence-electron chi connectivity index (χ3n) is 3.91. The molecule has 0 bridgehead atoms. The summed E-state index contributed by atoms with van der Waals surface area (Å²) in [6.45, 7) is 2.14. The average molecular weight is 332 g/mol. The molecular weight excluding hydrogens is 312 g/mol. The van der Waals surface area contributed by atoms with Gasteiger partial charge in [0.15, 0.2) is 5.11 Å². The van der Waals surface area contributed by atoms with Crippen LogP contribution in [0, 0.1) is 0 Å². The predicted molar refractivity (Wildman–Crippen MR) is 108 cm³/mol. The maximum atomic E-state index is 5.51. The summed E-state index contributed by atoms with van der Waals surface area (Å²) in [4.78, 5) is 0. The Kier molecular flexibility index (Phi) is 5.24. The lowest BCUT2D eigenvalue weighted by molar-refractivity contribution is 1.14. The molecule has 3 aromatic rings. The first-order chi connectivity index (χ1) is 11.8. The molecule has 0 radical (unpaired) electrons. The first kappa shape index (κ1) is 16.2. The van der Waals surface area contributed by atoms with Crippen LogP contribution in [0.5, 0.6) is 0 Å². The lowest BCUT2D eigenvalue weighted by atomic mass is 10.0. The third-order valence-corrected chi connectivity index (χ3v) is 4.11. The van der Waals surface area contributed by atoms with E-state index in [-0.39, 0.29) is 0 Å². The van der Waals surface area contributed by atoms with Gasteiger partial charge >= 0.3 is 0 Å². The highest BCUT2D eigenvalue weighted by Gasteiger charge is 2.07. The smallest absolute Gasteiger partial charge is 0.175 e. The maximum absolute atomic E-state index is 5.51. The van der Waals surface area contributed by atoms with E-state index >= 15 is 0 Å². The Morgan fingerprint density at radius 3 is 2.08 bits per heavy atom. The molecule has 120 valence electrons. The molecule has 0 amide bonds. The maximum Gasteiger partial charge on any atom is 0.175 e. The van der Waals surface area contributed by atoms with E-state index in [0.29, 0.717) is 5.11 Å². The van der Waals surface area contributed by atoms with Crippen LogP contribution in [0.25, 0.3) is 11.1 Å². The summed E-state index contributed by atoms with van der Waals surface area (Å²) in [7, 11) is 0. The van der Waals surface area contributed by atoms with Gasteiger partial charge in [-0.05, 0) is 41.9 Å². The Morgan fingerprint density at radius 2 is 1.33 bits per heavy atom. The van der Waals surface area contributed by atoms with Crippen LogP contribution in [-0.2, 0) is 6.42 Å². The summed E-state index contributed by atoms with van der Waals surface area (Å²) < 4.78 is 0. The van der Waals surface area contributed by atoms with Gasteiger partial charge in [0.25, 0.3) is 0 Å². The van der Waals surface area contributed by atoms with E-state index in [1.165, 1.54) is 5.56 Å². The first-order valence-electron chi connectivity index (χ1n) is 8.08. The molecule has 0 aliphatic carbocycles. The average Bonchev–Trinajstić information content (AvgIpc) is 2.63. The van der Waals surface area contributed by atoms with Gasteiger partial charge in [-0.25, -0.2) is 0 Å². The molecule has 3 aromatic carbocycles. The lowest BCUT2D eigenvalue weighted by Crippen LogP contribution is -2.20. The van der Waals surface area contributed by atoms with Crippen molar-refractivity contribution < 1.29 is 0 Å². The standard InChI is InChI=1S/C21H20N2S/c1-2-16-10-6-8-14-19(16)22-21(24)23-20-15-9-7-13-18(20)17-11-4-3-5-12-17/h3-15H,2H2,1H3,(H2,22,23,24). The van der Waals surface area contributed by atoms with Gasteiger partial charge in [0.1, 0.15) is 0 Å². The van der Waals surface area contributed by atoms with Gasteiger partial charge in [-0.1, -0.05) is 73.7 Å². The second-order valence-corrected chi connectivity index (χ2v) is 5.91. The molecular formula is C21H20N2S. The molecule has 0 atom stereocenters. The quantitative estimate of drug-likeness (QED) is 0.597. The fourth-order valence-corrected chi connectivity index (χ4v) is 2.91. The van der Waals surface area contributed by atoms with Crippen molar-refractivity contribution in [2.45, 2.75) is 13.3 Å². The summed E-state index contributed by atoms with van der Waals surface area (Å²) in [6, 6.07) is 26.7. The second kappa shape index (κ2) is 7.75. The van der Waals surface area contributed by atoms with E-state index in [4.69, 9.17) is 12.2 Å². The van der Waals surface area contributed by atoms with Crippen LogP contribution < -0.4 is 10.6 Å². The third kappa shape index (κ3) is 3.81. The van der Waals surface area contributed by atoms with Crippen molar-refractivity contribution in [3.05, 3.63) is 84.4 Å². The van der Waals surface area contributed by atoms with Gasteiger partial charge < -0.3 is 10.6 Å². The molecule has 0 saturated heterocycles. The molecule has 0 aliphatic rings. The van der Waals surface area contributed by atoms with Gasteiger partial charge in [0.2, 0.25) is 0 Å². The van der Waals surface area contributed by atoms with Crippen molar-refractivity contribution in [2.75, 3.05) is 10.6 Å². The zero-order chi connectivity index (χ0) is 16.8. The molecule has 0 saturated carbocycles. The van der Waals surface area contributed by atoms with Gasteiger partial charge in [0.05, 0.1) is 0 Å². The fourth-order valence-electron chi connectivity index (χ4n) is 2.69. The van der Waals surface area contributed by atoms with Gasteiger partial charge in [0, 0.05) is 16.9 Å². The van der Waals surface area contributed by atoms with Gasteiger partial charge in [-0.2, -0.15) is 0 Å². The number of thiocarbonyl (C=S) groups is 1. The minimum atomic E-state index is 0.597. The van der Waals surface area contributed by atoms with Crippen molar-refractivity contribution in [1.82, 2.24) is 0 Å². The van der Waals surface area contributed by atoms with E-state index < -0.39 is 0 Å². The highest BCUT2D eigenvalue weighted by molar-refractivity contribution is 7.80. The fraction of sp³-hybridized carbons (Fsp3) is 0.0952. The van der Waals surface area contributed by atoms with Crippen LogP contribution in [0.15, 0.2) is 78.9 Å². The molecule has 0 fully saturated rings.